The van der Waals surface area contributed by atoms with Gasteiger partial charge in [-0.15, -0.1) is 11.3 Å². The molecule has 2 rings (SSSR count). The summed E-state index contributed by atoms with van der Waals surface area (Å²) < 4.78 is 0.709. The lowest BCUT2D eigenvalue weighted by Crippen LogP contribution is -2.38. The molecule has 0 spiro atoms. The van der Waals surface area contributed by atoms with Gasteiger partial charge in [-0.3, -0.25) is 9.59 Å². The lowest BCUT2D eigenvalue weighted by Gasteiger charge is -2.17. The molecule has 0 aliphatic carbocycles. The second-order valence-electron chi connectivity index (χ2n) is 4.35. The van der Waals surface area contributed by atoms with Crippen LogP contribution in [0, 0.1) is 0 Å². The van der Waals surface area contributed by atoms with Gasteiger partial charge in [0.1, 0.15) is 0 Å². The van der Waals surface area contributed by atoms with E-state index in [0.29, 0.717) is 17.3 Å². The number of thiophene rings is 1. The van der Waals surface area contributed by atoms with Crippen molar-refractivity contribution in [2.75, 3.05) is 13.1 Å². The van der Waals surface area contributed by atoms with Gasteiger partial charge in [0, 0.05) is 17.8 Å². The van der Waals surface area contributed by atoms with Gasteiger partial charge in [0.2, 0.25) is 11.8 Å². The Morgan fingerprint density at radius 1 is 1.61 bits per heavy atom. The Hall–Kier alpha value is -1.07. The molecule has 6 heteroatoms. The summed E-state index contributed by atoms with van der Waals surface area (Å²) in [7, 11) is 0. The highest BCUT2D eigenvalue weighted by atomic mass is 35.5. The smallest absolute Gasteiger partial charge is 0.240 e. The van der Waals surface area contributed by atoms with Crippen molar-refractivity contribution in [1.82, 2.24) is 10.2 Å². The van der Waals surface area contributed by atoms with Crippen LogP contribution in [0.2, 0.25) is 4.34 Å². The summed E-state index contributed by atoms with van der Waals surface area (Å²) >= 11 is 7.30. The number of carbonyl (C=O) groups is 2. The fourth-order valence-electron chi connectivity index (χ4n) is 1.96. The van der Waals surface area contributed by atoms with E-state index in [4.69, 9.17) is 11.6 Å². The lowest BCUT2D eigenvalue weighted by molar-refractivity contribution is -0.133. The van der Waals surface area contributed by atoms with Crippen LogP contribution < -0.4 is 5.32 Å². The quantitative estimate of drug-likeness (QED) is 0.922. The van der Waals surface area contributed by atoms with Crippen molar-refractivity contribution in [3.8, 4) is 0 Å². The maximum atomic E-state index is 11.8. The first-order valence-electron chi connectivity index (χ1n) is 5.88. The van der Waals surface area contributed by atoms with Crippen LogP contribution in [-0.4, -0.2) is 29.8 Å². The second kappa shape index (κ2) is 5.71. The zero-order chi connectivity index (χ0) is 13.1. The predicted molar refractivity (Wildman–Crippen MR) is 71.7 cm³/mol. The van der Waals surface area contributed by atoms with E-state index in [9.17, 15) is 9.59 Å². The molecule has 1 aromatic rings. The number of rotatable bonds is 4. The molecule has 0 aromatic carbocycles. The number of carbonyl (C=O) groups excluding carboxylic acids is 2. The summed E-state index contributed by atoms with van der Waals surface area (Å²) in [6, 6.07) is 3.64. The number of hydrogen-bond acceptors (Lipinski definition) is 3. The van der Waals surface area contributed by atoms with Crippen molar-refractivity contribution in [2.24, 2.45) is 0 Å². The maximum absolute atomic E-state index is 11.8. The van der Waals surface area contributed by atoms with E-state index in [0.717, 1.165) is 11.3 Å². The lowest BCUT2D eigenvalue weighted by atomic mass is 10.2. The minimum absolute atomic E-state index is 0.0666. The molecule has 1 aromatic heterocycles. The Kier molecular flexibility index (Phi) is 4.24. The summed E-state index contributed by atoms with van der Waals surface area (Å²) in [6.45, 7) is 2.75. The maximum Gasteiger partial charge on any atom is 0.240 e. The van der Waals surface area contributed by atoms with Gasteiger partial charge in [0.15, 0.2) is 0 Å². The Bertz CT molecular complexity index is 461. The largest absolute Gasteiger partial charge is 0.347 e. The second-order valence-corrected chi connectivity index (χ2v) is 6.10. The van der Waals surface area contributed by atoms with Gasteiger partial charge in [-0.1, -0.05) is 11.6 Å². The van der Waals surface area contributed by atoms with E-state index in [1.54, 1.807) is 4.90 Å². The summed E-state index contributed by atoms with van der Waals surface area (Å²) in [5, 5.41) is 2.88. The topological polar surface area (TPSA) is 49.4 Å². The molecule has 0 saturated carbocycles. The van der Waals surface area contributed by atoms with Crippen LogP contribution in [0.4, 0.5) is 0 Å². The van der Waals surface area contributed by atoms with Crippen LogP contribution in [0.25, 0.3) is 0 Å². The molecule has 1 saturated heterocycles. The van der Waals surface area contributed by atoms with E-state index < -0.39 is 0 Å². The highest BCUT2D eigenvalue weighted by molar-refractivity contribution is 7.16. The fourth-order valence-corrected chi connectivity index (χ4v) is 3.03. The van der Waals surface area contributed by atoms with Gasteiger partial charge in [-0.2, -0.15) is 0 Å². The first-order valence-corrected chi connectivity index (χ1v) is 7.08. The molecule has 98 valence electrons. The van der Waals surface area contributed by atoms with Gasteiger partial charge in [-0.05, 0) is 25.5 Å². The zero-order valence-electron chi connectivity index (χ0n) is 10.1. The van der Waals surface area contributed by atoms with Crippen LogP contribution in [0.5, 0.6) is 0 Å². The number of amides is 2. The van der Waals surface area contributed by atoms with Crippen LogP contribution in [0.1, 0.15) is 30.7 Å². The molecule has 1 aliphatic heterocycles. The molecular weight excluding hydrogens is 272 g/mol. The van der Waals surface area contributed by atoms with Crippen molar-refractivity contribution < 1.29 is 9.59 Å². The normalized spacial score (nSPS) is 17.0. The highest BCUT2D eigenvalue weighted by Gasteiger charge is 2.23. The summed E-state index contributed by atoms with van der Waals surface area (Å²) in [5.74, 6) is -0.0563. The average Bonchev–Trinajstić information content (AvgIpc) is 2.89. The number of halogens is 1. The fraction of sp³-hybridized carbons (Fsp3) is 0.500. The predicted octanol–water partition coefficient (Wildman–Crippen LogP) is 2.20. The molecule has 1 N–H and O–H groups in total. The van der Waals surface area contributed by atoms with Crippen LogP contribution in [0.3, 0.4) is 0 Å². The molecule has 0 unspecified atom stereocenters. The number of hydrogen-bond donors (Lipinski definition) is 1. The number of likely N-dealkylation sites (tertiary alicyclic amines) is 1. The molecule has 0 radical (unpaired) electrons. The van der Waals surface area contributed by atoms with Gasteiger partial charge < -0.3 is 10.2 Å². The summed E-state index contributed by atoms with van der Waals surface area (Å²) in [4.78, 5) is 25.8. The molecular formula is C12H15ClN2O2S. The monoisotopic (exact) mass is 286 g/mol. The van der Waals surface area contributed by atoms with Gasteiger partial charge in [-0.25, -0.2) is 0 Å². The van der Waals surface area contributed by atoms with Crippen molar-refractivity contribution in [1.29, 1.82) is 0 Å². The van der Waals surface area contributed by atoms with Gasteiger partial charge >= 0.3 is 0 Å². The molecule has 18 heavy (non-hydrogen) atoms. The first kappa shape index (κ1) is 13.4. The summed E-state index contributed by atoms with van der Waals surface area (Å²) in [5.41, 5.74) is 0. The van der Waals surface area contributed by atoms with Crippen molar-refractivity contribution in [2.45, 2.75) is 25.8 Å². The third-order valence-corrected chi connectivity index (χ3v) is 4.32. The SMILES string of the molecule is C[C@@H](NC(=O)CN1CCCC1=O)c1ccc(Cl)s1. The van der Waals surface area contributed by atoms with E-state index in [1.807, 2.05) is 19.1 Å². The molecule has 0 bridgehead atoms. The number of nitrogens with one attached hydrogen (secondary N) is 1. The minimum atomic E-state index is -0.123. The minimum Gasteiger partial charge on any atom is -0.347 e. The molecule has 1 aliphatic rings. The van der Waals surface area contributed by atoms with Crippen molar-refractivity contribution >= 4 is 34.8 Å². The molecule has 1 fully saturated rings. The Labute approximate surface area is 115 Å². The van der Waals surface area contributed by atoms with Crippen molar-refractivity contribution in [3.05, 3.63) is 21.3 Å². The Morgan fingerprint density at radius 3 is 2.94 bits per heavy atom. The molecule has 4 nitrogen and oxygen atoms in total. The third kappa shape index (κ3) is 3.23. The van der Waals surface area contributed by atoms with Crippen LogP contribution in [-0.2, 0) is 9.59 Å². The van der Waals surface area contributed by atoms with E-state index in [1.165, 1.54) is 11.3 Å². The Balaban J connectivity index is 1.85. The highest BCUT2D eigenvalue weighted by Crippen LogP contribution is 2.26. The third-order valence-electron chi connectivity index (χ3n) is 2.90. The van der Waals surface area contributed by atoms with E-state index >= 15 is 0 Å². The van der Waals surface area contributed by atoms with E-state index in [-0.39, 0.29) is 24.4 Å². The van der Waals surface area contributed by atoms with Gasteiger partial charge in [0.05, 0.1) is 16.9 Å². The van der Waals surface area contributed by atoms with E-state index in [2.05, 4.69) is 5.32 Å². The van der Waals surface area contributed by atoms with Crippen LogP contribution >= 0.6 is 22.9 Å². The first-order chi connectivity index (χ1) is 8.56. The Morgan fingerprint density at radius 2 is 2.39 bits per heavy atom. The average molecular weight is 287 g/mol. The standard InChI is InChI=1S/C12H15ClN2O2S/c1-8(9-4-5-10(13)18-9)14-11(16)7-15-6-2-3-12(15)17/h4-5,8H,2-3,6-7H2,1H3,(H,14,16)/t8-/m1/s1. The van der Waals surface area contributed by atoms with Crippen LogP contribution in [0.15, 0.2) is 12.1 Å². The van der Waals surface area contributed by atoms with Crippen molar-refractivity contribution in [3.63, 3.8) is 0 Å². The zero-order valence-corrected chi connectivity index (χ0v) is 11.7. The van der Waals surface area contributed by atoms with Gasteiger partial charge in [0.25, 0.3) is 0 Å². The summed E-state index contributed by atoms with van der Waals surface area (Å²) in [6.07, 6.45) is 1.41. The molecule has 2 heterocycles. The molecule has 2 amide bonds. The number of nitrogens with zero attached hydrogens (tertiary/aromatic N) is 1. The molecule has 1 atom stereocenters.